The molecule has 0 aliphatic carbocycles. The van der Waals surface area contributed by atoms with Crippen LogP contribution in [0.3, 0.4) is 0 Å². The molecule has 3 rings (SSSR count). The maximum absolute atomic E-state index is 12.6. The summed E-state index contributed by atoms with van der Waals surface area (Å²) in [5.41, 5.74) is 3.44. The normalized spacial score (nSPS) is 15.5. The highest BCUT2D eigenvalue weighted by Gasteiger charge is 2.28. The van der Waals surface area contributed by atoms with Crippen molar-refractivity contribution in [3.05, 3.63) is 65.7 Å². The zero-order chi connectivity index (χ0) is 19.8. The van der Waals surface area contributed by atoms with Crippen molar-refractivity contribution in [1.29, 1.82) is 0 Å². The smallest absolute Gasteiger partial charge is 0.226 e. The quantitative estimate of drug-likeness (QED) is 0.711. The van der Waals surface area contributed by atoms with Gasteiger partial charge in [0.05, 0.1) is 6.61 Å². The Morgan fingerprint density at radius 3 is 2.50 bits per heavy atom. The molecule has 28 heavy (non-hydrogen) atoms. The number of para-hydroxylation sites is 1. The summed E-state index contributed by atoms with van der Waals surface area (Å²) in [6.07, 6.45) is 3.58. The maximum Gasteiger partial charge on any atom is 0.226 e. The minimum absolute atomic E-state index is 0.212. The molecule has 0 saturated carbocycles. The number of likely N-dealkylation sites (tertiary alicyclic amines) is 1. The van der Waals surface area contributed by atoms with Crippen LogP contribution < -0.4 is 10.8 Å². The number of amides is 1. The molecule has 0 radical (unpaired) electrons. The van der Waals surface area contributed by atoms with Crippen LogP contribution in [0.4, 0.5) is 5.69 Å². The summed E-state index contributed by atoms with van der Waals surface area (Å²) < 4.78 is 0. The largest absolute Gasteiger partial charge is 0.309 e. The summed E-state index contributed by atoms with van der Waals surface area (Å²) in [6, 6.07) is 18.8. The molecule has 2 aromatic carbocycles. The topological polar surface area (TPSA) is 58.8 Å². The molecule has 0 atom stereocenters. The van der Waals surface area contributed by atoms with Crippen LogP contribution in [0.1, 0.15) is 37.3 Å². The van der Waals surface area contributed by atoms with E-state index in [1.54, 1.807) is 0 Å². The number of hydrogen-bond acceptors (Lipinski definition) is 4. The van der Waals surface area contributed by atoms with E-state index >= 15 is 0 Å². The fourth-order valence-corrected chi connectivity index (χ4v) is 3.98. The molecule has 1 aliphatic heterocycles. The molecule has 0 bridgehead atoms. The summed E-state index contributed by atoms with van der Waals surface area (Å²) in [7, 11) is 0. The van der Waals surface area contributed by atoms with Gasteiger partial charge in [-0.15, -0.1) is 0 Å². The third-order valence-corrected chi connectivity index (χ3v) is 5.49. The van der Waals surface area contributed by atoms with E-state index in [4.69, 9.17) is 10.7 Å². The van der Waals surface area contributed by atoms with E-state index in [1.165, 1.54) is 5.56 Å². The summed E-state index contributed by atoms with van der Waals surface area (Å²) in [5.74, 6) is 5.39. The highest BCUT2D eigenvalue weighted by molar-refractivity contribution is 5.93. The molecule has 0 aromatic heterocycles. The van der Waals surface area contributed by atoms with Gasteiger partial charge in [-0.05, 0) is 42.5 Å². The lowest BCUT2D eigenvalue weighted by molar-refractivity contribution is -0.119. The van der Waals surface area contributed by atoms with Gasteiger partial charge >= 0.3 is 0 Å². The van der Waals surface area contributed by atoms with Gasteiger partial charge in [0.2, 0.25) is 5.91 Å². The van der Waals surface area contributed by atoms with Crippen LogP contribution in [-0.4, -0.2) is 36.5 Å². The Morgan fingerprint density at radius 2 is 1.82 bits per heavy atom. The third kappa shape index (κ3) is 5.41. The van der Waals surface area contributed by atoms with E-state index in [0.717, 1.165) is 50.1 Å². The van der Waals surface area contributed by atoms with E-state index < -0.39 is 0 Å². The monoisotopic (exact) mass is 381 g/mol. The van der Waals surface area contributed by atoms with Crippen molar-refractivity contribution < 1.29 is 9.63 Å². The van der Waals surface area contributed by atoms with Crippen molar-refractivity contribution in [1.82, 2.24) is 4.90 Å². The molecular weight excluding hydrogens is 350 g/mol. The molecule has 0 spiro atoms. The predicted molar refractivity (Wildman–Crippen MR) is 113 cm³/mol. The zero-order valence-corrected chi connectivity index (χ0v) is 16.7. The second kappa shape index (κ2) is 10.4. The highest BCUT2D eigenvalue weighted by atomic mass is 16.6. The summed E-state index contributed by atoms with van der Waals surface area (Å²) in [6.45, 7) is 5.47. The molecule has 1 fully saturated rings. The Labute approximate surface area is 168 Å². The van der Waals surface area contributed by atoms with Gasteiger partial charge in [0.25, 0.3) is 0 Å². The first kappa shape index (κ1) is 20.5. The zero-order valence-electron chi connectivity index (χ0n) is 16.7. The van der Waals surface area contributed by atoms with Crippen molar-refractivity contribution in [3.63, 3.8) is 0 Å². The Balaban J connectivity index is 1.54. The van der Waals surface area contributed by atoms with Crippen LogP contribution in [-0.2, 0) is 22.7 Å². The molecule has 5 heteroatoms. The van der Waals surface area contributed by atoms with Gasteiger partial charge in [-0.3, -0.25) is 9.63 Å². The van der Waals surface area contributed by atoms with Crippen molar-refractivity contribution >= 4 is 11.6 Å². The molecule has 2 N–H and O–H groups in total. The van der Waals surface area contributed by atoms with Crippen LogP contribution in [0.5, 0.6) is 0 Å². The lowest BCUT2D eigenvalue weighted by atomic mass is 10.0. The first-order chi connectivity index (χ1) is 13.7. The number of benzene rings is 2. The van der Waals surface area contributed by atoms with Crippen molar-refractivity contribution in [3.8, 4) is 0 Å². The second-order valence-corrected chi connectivity index (χ2v) is 7.41. The van der Waals surface area contributed by atoms with E-state index in [0.29, 0.717) is 13.0 Å². The van der Waals surface area contributed by atoms with Crippen LogP contribution in [0.15, 0.2) is 54.6 Å². The standard InChI is InChI=1S/C23H31N3O2/c1-2-23(27)26(21-9-4-3-5-10-21)22-12-15-25(16-13-22)14-11-19-7-6-8-20(17-19)18-28-24/h3-10,17,22H,2,11-16,18,24H2,1H3. The van der Waals surface area contributed by atoms with Crippen molar-refractivity contribution in [2.45, 2.75) is 45.3 Å². The number of carbonyl (C=O) groups is 1. The van der Waals surface area contributed by atoms with Crippen LogP contribution >= 0.6 is 0 Å². The van der Waals surface area contributed by atoms with E-state index in [-0.39, 0.29) is 11.9 Å². The molecule has 150 valence electrons. The van der Waals surface area contributed by atoms with Gasteiger partial charge in [0.1, 0.15) is 0 Å². The number of nitrogens with two attached hydrogens (primary N) is 1. The van der Waals surface area contributed by atoms with Gasteiger partial charge in [-0.25, -0.2) is 5.90 Å². The molecule has 1 amide bonds. The minimum Gasteiger partial charge on any atom is -0.309 e. The average Bonchev–Trinajstić information content (AvgIpc) is 2.74. The SMILES string of the molecule is CCC(=O)N(c1ccccc1)C1CCN(CCc2cccc(CON)c2)CC1. The highest BCUT2D eigenvalue weighted by Crippen LogP contribution is 2.24. The molecule has 5 nitrogen and oxygen atoms in total. The van der Waals surface area contributed by atoms with Gasteiger partial charge in [-0.2, -0.15) is 0 Å². The second-order valence-electron chi connectivity index (χ2n) is 7.41. The minimum atomic E-state index is 0.212. The predicted octanol–water partition coefficient (Wildman–Crippen LogP) is 3.53. The Hall–Kier alpha value is -2.21. The fourth-order valence-electron chi connectivity index (χ4n) is 3.98. The Kier molecular flexibility index (Phi) is 7.60. The average molecular weight is 382 g/mol. The molecule has 1 aliphatic rings. The fraction of sp³-hybridized carbons (Fsp3) is 0.435. The van der Waals surface area contributed by atoms with Crippen LogP contribution in [0.2, 0.25) is 0 Å². The molecule has 1 saturated heterocycles. The number of piperidine rings is 1. The molecule has 2 aromatic rings. The maximum atomic E-state index is 12.6. The third-order valence-electron chi connectivity index (χ3n) is 5.49. The summed E-state index contributed by atoms with van der Waals surface area (Å²) >= 11 is 0. The van der Waals surface area contributed by atoms with E-state index in [2.05, 4.69) is 23.1 Å². The van der Waals surface area contributed by atoms with E-state index in [1.807, 2.05) is 48.2 Å². The van der Waals surface area contributed by atoms with Crippen LogP contribution in [0.25, 0.3) is 0 Å². The molecular formula is C23H31N3O2. The number of carbonyl (C=O) groups excluding carboxylic acids is 1. The van der Waals surface area contributed by atoms with Gasteiger partial charge < -0.3 is 9.80 Å². The lowest BCUT2D eigenvalue weighted by Gasteiger charge is -2.38. The molecule has 0 unspecified atom stereocenters. The summed E-state index contributed by atoms with van der Waals surface area (Å²) in [5, 5.41) is 0. The van der Waals surface area contributed by atoms with Crippen LogP contribution in [0, 0.1) is 0 Å². The first-order valence-electron chi connectivity index (χ1n) is 10.2. The first-order valence-corrected chi connectivity index (χ1v) is 10.2. The molecule has 1 heterocycles. The van der Waals surface area contributed by atoms with E-state index in [9.17, 15) is 4.79 Å². The van der Waals surface area contributed by atoms with Crippen molar-refractivity contribution in [2.75, 3.05) is 24.5 Å². The Bertz CT molecular complexity index is 743. The van der Waals surface area contributed by atoms with Crippen molar-refractivity contribution in [2.24, 2.45) is 5.90 Å². The lowest BCUT2D eigenvalue weighted by Crippen LogP contribution is -2.47. The van der Waals surface area contributed by atoms with Gasteiger partial charge in [-0.1, -0.05) is 49.4 Å². The number of anilines is 1. The Morgan fingerprint density at radius 1 is 1.11 bits per heavy atom. The number of rotatable bonds is 8. The van der Waals surface area contributed by atoms with Gasteiger partial charge in [0.15, 0.2) is 0 Å². The number of hydrogen-bond donors (Lipinski definition) is 1. The summed E-state index contributed by atoms with van der Waals surface area (Å²) in [4.78, 5) is 21.8. The van der Waals surface area contributed by atoms with Gasteiger partial charge in [0, 0.05) is 37.8 Å². The number of nitrogens with zero attached hydrogens (tertiary/aromatic N) is 2.